The molecule has 33 heavy (non-hydrogen) atoms. The number of piperidine rings is 1. The van der Waals surface area contributed by atoms with Gasteiger partial charge in [-0.1, -0.05) is 30.3 Å². The first-order chi connectivity index (χ1) is 15.8. The molecule has 2 heterocycles. The van der Waals surface area contributed by atoms with Crippen molar-refractivity contribution in [3.63, 3.8) is 0 Å². The van der Waals surface area contributed by atoms with Crippen LogP contribution in [-0.2, 0) is 14.8 Å². The quantitative estimate of drug-likeness (QED) is 0.630. The number of hydrogen-bond acceptors (Lipinski definition) is 6. The van der Waals surface area contributed by atoms with E-state index >= 15 is 0 Å². The Morgan fingerprint density at radius 3 is 2.58 bits per heavy atom. The van der Waals surface area contributed by atoms with Crippen LogP contribution in [0.2, 0.25) is 0 Å². The number of carbonyl (C=O) groups is 2. The van der Waals surface area contributed by atoms with Gasteiger partial charge in [-0.2, -0.15) is 4.31 Å². The van der Waals surface area contributed by atoms with Gasteiger partial charge in [-0.15, -0.1) is 0 Å². The highest BCUT2D eigenvalue weighted by Crippen LogP contribution is 2.33. The maximum absolute atomic E-state index is 13.2. The number of nitrogens with one attached hydrogen (secondary N) is 1. The molecule has 2 aromatic rings. The number of aryl methyl sites for hydroxylation is 1. The van der Waals surface area contributed by atoms with Crippen LogP contribution in [0.25, 0.3) is 0 Å². The maximum atomic E-state index is 13.2. The molecule has 2 aromatic carbocycles. The van der Waals surface area contributed by atoms with E-state index in [1.165, 1.54) is 33.1 Å². The molecule has 4 rings (SSSR count). The van der Waals surface area contributed by atoms with E-state index in [-0.39, 0.29) is 22.4 Å². The first-order valence-corrected chi connectivity index (χ1v) is 13.4. The van der Waals surface area contributed by atoms with Crippen LogP contribution >= 0.6 is 11.8 Å². The molecule has 176 valence electrons. The Hall–Kier alpha value is -2.56. The molecular weight excluding hydrogens is 462 g/mol. The van der Waals surface area contributed by atoms with Gasteiger partial charge in [-0.25, -0.2) is 8.42 Å². The van der Waals surface area contributed by atoms with Crippen LogP contribution in [0.1, 0.15) is 24.8 Å². The second-order valence-corrected chi connectivity index (χ2v) is 11.1. The molecule has 2 aliphatic rings. The van der Waals surface area contributed by atoms with E-state index in [9.17, 15) is 18.0 Å². The Morgan fingerprint density at radius 1 is 1.09 bits per heavy atom. The average Bonchev–Trinajstić information content (AvgIpc) is 3.19. The summed E-state index contributed by atoms with van der Waals surface area (Å²) in [5.74, 6) is 1.14. The third-order valence-corrected chi connectivity index (χ3v) is 8.36. The monoisotopic (exact) mass is 489 g/mol. The van der Waals surface area contributed by atoms with Gasteiger partial charge in [0.25, 0.3) is 5.24 Å². The lowest BCUT2D eigenvalue weighted by Gasteiger charge is -2.26. The van der Waals surface area contributed by atoms with E-state index in [0.29, 0.717) is 36.9 Å². The molecule has 0 unspecified atom stereocenters. The summed E-state index contributed by atoms with van der Waals surface area (Å²) in [6.45, 7) is 3.32. The van der Waals surface area contributed by atoms with Gasteiger partial charge in [-0.3, -0.25) is 9.59 Å². The molecule has 0 radical (unpaired) electrons. The lowest BCUT2D eigenvalue weighted by Crippen LogP contribution is -2.35. The van der Waals surface area contributed by atoms with Gasteiger partial charge < -0.3 is 15.0 Å². The van der Waals surface area contributed by atoms with Gasteiger partial charge in [-0.05, 0) is 55.7 Å². The summed E-state index contributed by atoms with van der Waals surface area (Å²) in [5.41, 5.74) is 1.26. The van der Waals surface area contributed by atoms with Crippen LogP contribution in [0, 0.1) is 6.92 Å². The van der Waals surface area contributed by atoms with Crippen molar-refractivity contribution in [2.75, 3.05) is 37.2 Å². The predicted octanol–water partition coefficient (Wildman–Crippen LogP) is 4.07. The maximum Gasteiger partial charge on any atom is 0.282 e. The Morgan fingerprint density at radius 2 is 1.88 bits per heavy atom. The SMILES string of the molecule is Cc1cccc(Oc2ccc(S(=O)(=O)N3CCCCC3)cc2NC(=O)CN2CCSC2=O)c1. The number of ether oxygens (including phenoxy) is 1. The zero-order valence-corrected chi connectivity index (χ0v) is 20.1. The molecule has 0 spiro atoms. The highest BCUT2D eigenvalue weighted by Gasteiger charge is 2.28. The fourth-order valence-corrected chi connectivity index (χ4v) is 6.22. The fourth-order valence-electron chi connectivity index (χ4n) is 3.85. The molecule has 10 heteroatoms. The third kappa shape index (κ3) is 5.69. The second-order valence-electron chi connectivity index (χ2n) is 8.13. The van der Waals surface area contributed by atoms with Gasteiger partial charge in [0.2, 0.25) is 15.9 Å². The Balaban J connectivity index is 1.62. The molecule has 0 aromatic heterocycles. The van der Waals surface area contributed by atoms with Crippen molar-refractivity contribution in [2.24, 2.45) is 0 Å². The van der Waals surface area contributed by atoms with Gasteiger partial charge >= 0.3 is 0 Å². The molecule has 2 amide bonds. The van der Waals surface area contributed by atoms with E-state index in [0.717, 1.165) is 24.8 Å². The number of rotatable bonds is 7. The molecule has 2 aliphatic heterocycles. The number of nitrogens with zero attached hydrogens (tertiary/aromatic N) is 2. The Labute approximate surface area is 198 Å². The molecule has 1 N–H and O–H groups in total. The summed E-state index contributed by atoms with van der Waals surface area (Å²) in [4.78, 5) is 26.1. The van der Waals surface area contributed by atoms with E-state index in [1.807, 2.05) is 25.1 Å². The highest BCUT2D eigenvalue weighted by molar-refractivity contribution is 8.13. The van der Waals surface area contributed by atoms with E-state index in [2.05, 4.69) is 5.32 Å². The molecule has 0 aliphatic carbocycles. The Kier molecular flexibility index (Phi) is 7.26. The molecule has 2 fully saturated rings. The standard InChI is InChI=1S/C23H27N3O5S2/c1-17-6-5-7-18(14-17)31-21-9-8-19(33(29,30)26-10-3-2-4-11-26)15-20(21)24-22(27)16-25-12-13-32-23(25)28/h5-9,14-15H,2-4,10-13,16H2,1H3,(H,24,27). The van der Waals surface area contributed by atoms with Crippen molar-refractivity contribution in [1.29, 1.82) is 0 Å². The summed E-state index contributed by atoms with van der Waals surface area (Å²) in [7, 11) is -3.69. The minimum Gasteiger partial charge on any atom is -0.455 e. The van der Waals surface area contributed by atoms with E-state index in [4.69, 9.17) is 4.74 Å². The number of anilines is 1. The second kappa shape index (κ2) is 10.1. The van der Waals surface area contributed by atoms with Crippen molar-refractivity contribution in [3.05, 3.63) is 48.0 Å². The predicted molar refractivity (Wildman–Crippen MR) is 128 cm³/mol. The van der Waals surface area contributed by atoms with Crippen LogP contribution in [-0.4, -0.2) is 60.7 Å². The molecule has 0 saturated carbocycles. The normalized spacial score (nSPS) is 17.2. The topological polar surface area (TPSA) is 96.0 Å². The van der Waals surface area contributed by atoms with Gasteiger partial charge in [0, 0.05) is 25.4 Å². The van der Waals surface area contributed by atoms with Crippen LogP contribution in [0.5, 0.6) is 11.5 Å². The van der Waals surface area contributed by atoms with Crippen LogP contribution < -0.4 is 10.1 Å². The van der Waals surface area contributed by atoms with Crippen LogP contribution in [0.4, 0.5) is 10.5 Å². The van der Waals surface area contributed by atoms with Gasteiger partial charge in [0.15, 0.2) is 5.75 Å². The van der Waals surface area contributed by atoms with Crippen LogP contribution in [0.3, 0.4) is 0 Å². The molecular formula is C23H27N3O5S2. The third-order valence-electron chi connectivity index (χ3n) is 5.57. The number of amides is 2. The first-order valence-electron chi connectivity index (χ1n) is 10.9. The minimum atomic E-state index is -3.69. The number of hydrogen-bond donors (Lipinski definition) is 1. The summed E-state index contributed by atoms with van der Waals surface area (Å²) in [6.07, 6.45) is 2.68. The smallest absolute Gasteiger partial charge is 0.282 e. The molecule has 8 nitrogen and oxygen atoms in total. The van der Waals surface area contributed by atoms with E-state index in [1.54, 1.807) is 12.1 Å². The van der Waals surface area contributed by atoms with Crippen LogP contribution in [0.15, 0.2) is 47.4 Å². The van der Waals surface area contributed by atoms with E-state index < -0.39 is 15.9 Å². The number of thioether (sulfide) groups is 1. The van der Waals surface area contributed by atoms with Crippen molar-refractivity contribution < 1.29 is 22.7 Å². The molecule has 0 bridgehead atoms. The fraction of sp³-hybridized carbons (Fsp3) is 0.391. The summed E-state index contributed by atoms with van der Waals surface area (Å²) in [5, 5.41) is 2.62. The summed E-state index contributed by atoms with van der Waals surface area (Å²) in [6, 6.07) is 11.9. The molecule has 2 saturated heterocycles. The minimum absolute atomic E-state index is 0.0984. The summed E-state index contributed by atoms with van der Waals surface area (Å²) >= 11 is 1.18. The highest BCUT2D eigenvalue weighted by atomic mass is 32.2. The first kappa shape index (κ1) is 23.6. The number of sulfonamides is 1. The van der Waals surface area contributed by atoms with Gasteiger partial charge in [0.05, 0.1) is 10.6 Å². The van der Waals surface area contributed by atoms with Crippen molar-refractivity contribution >= 4 is 38.6 Å². The Bertz CT molecular complexity index is 1150. The van der Waals surface area contributed by atoms with Gasteiger partial charge in [0.1, 0.15) is 12.3 Å². The summed E-state index contributed by atoms with van der Waals surface area (Å²) < 4.78 is 33.8. The van der Waals surface area contributed by atoms with Crippen molar-refractivity contribution in [2.45, 2.75) is 31.1 Å². The zero-order chi connectivity index (χ0) is 23.4. The van der Waals surface area contributed by atoms with Crippen molar-refractivity contribution in [3.8, 4) is 11.5 Å². The lowest BCUT2D eigenvalue weighted by molar-refractivity contribution is -0.116. The average molecular weight is 490 g/mol. The largest absolute Gasteiger partial charge is 0.455 e. The zero-order valence-electron chi connectivity index (χ0n) is 18.5. The molecule has 0 atom stereocenters. The van der Waals surface area contributed by atoms with Crippen molar-refractivity contribution in [1.82, 2.24) is 9.21 Å². The number of carbonyl (C=O) groups excluding carboxylic acids is 2. The number of benzene rings is 2. The lowest BCUT2D eigenvalue weighted by atomic mass is 10.2.